The van der Waals surface area contributed by atoms with E-state index in [2.05, 4.69) is 29.6 Å². The van der Waals surface area contributed by atoms with Crippen LogP contribution in [0.3, 0.4) is 0 Å². The summed E-state index contributed by atoms with van der Waals surface area (Å²) in [6, 6.07) is 15.4. The number of rotatable bonds is 9. The summed E-state index contributed by atoms with van der Waals surface area (Å²) in [5.74, 6) is -1.33. The van der Waals surface area contributed by atoms with E-state index in [-0.39, 0.29) is 37.8 Å². The number of aliphatic carboxylic acids is 1. The van der Waals surface area contributed by atoms with E-state index in [0.717, 1.165) is 11.1 Å². The molecule has 0 bridgehead atoms. The van der Waals surface area contributed by atoms with E-state index >= 15 is 0 Å². The first-order valence-electron chi connectivity index (χ1n) is 11.7. The molecule has 8 nitrogen and oxygen atoms in total. The third kappa shape index (κ3) is 5.22. The Balaban J connectivity index is 1.15. The Morgan fingerprint density at radius 2 is 1.62 bits per heavy atom. The molecule has 3 N–H and O–H groups in total. The summed E-state index contributed by atoms with van der Waals surface area (Å²) in [5, 5.41) is 21.6. The van der Waals surface area contributed by atoms with Gasteiger partial charge in [-0.1, -0.05) is 55.0 Å². The summed E-state index contributed by atoms with van der Waals surface area (Å²) in [6.45, 7) is 0.769. The van der Waals surface area contributed by atoms with E-state index in [1.165, 1.54) is 16.0 Å². The van der Waals surface area contributed by atoms with Crippen molar-refractivity contribution in [2.24, 2.45) is 0 Å². The van der Waals surface area contributed by atoms with Crippen LogP contribution in [0.2, 0.25) is 0 Å². The average Bonchev–Trinajstić information content (AvgIpc) is 3.38. The van der Waals surface area contributed by atoms with Crippen molar-refractivity contribution < 1.29 is 29.3 Å². The number of hydrogen-bond donors (Lipinski definition) is 3. The lowest BCUT2D eigenvalue weighted by Gasteiger charge is -2.21. The van der Waals surface area contributed by atoms with Gasteiger partial charge in [0.05, 0.1) is 6.10 Å². The first kappa shape index (κ1) is 23.8. The number of unbranched alkanes of at least 4 members (excludes halogenated alkanes) is 2. The molecular weight excluding hydrogens is 436 g/mol. The van der Waals surface area contributed by atoms with Gasteiger partial charge in [-0.25, -0.2) is 9.59 Å². The number of likely N-dealkylation sites (tertiary alicyclic amines) is 1. The summed E-state index contributed by atoms with van der Waals surface area (Å²) in [5.41, 5.74) is 4.69. The number of carboxylic acid groups (broad SMARTS) is 1. The van der Waals surface area contributed by atoms with Gasteiger partial charge in [0.15, 0.2) is 0 Å². The smallest absolute Gasteiger partial charge is 0.407 e. The number of fused-ring (bicyclic) bond motifs is 3. The number of amides is 2. The molecule has 1 fully saturated rings. The minimum Gasteiger partial charge on any atom is -0.480 e. The van der Waals surface area contributed by atoms with E-state index < -0.39 is 24.2 Å². The van der Waals surface area contributed by atoms with Crippen molar-refractivity contribution in [3.05, 3.63) is 59.7 Å². The molecule has 2 atom stereocenters. The number of carbonyl (C=O) groups excluding carboxylic acids is 2. The van der Waals surface area contributed by atoms with Crippen molar-refractivity contribution in [3.8, 4) is 11.1 Å². The maximum Gasteiger partial charge on any atom is 0.407 e. The predicted octanol–water partition coefficient (Wildman–Crippen LogP) is 3.13. The lowest BCUT2D eigenvalue weighted by atomic mass is 9.98. The topological polar surface area (TPSA) is 116 Å². The van der Waals surface area contributed by atoms with Gasteiger partial charge in [-0.05, 0) is 35.1 Å². The second-order valence-electron chi connectivity index (χ2n) is 8.85. The van der Waals surface area contributed by atoms with Crippen molar-refractivity contribution in [1.82, 2.24) is 10.2 Å². The van der Waals surface area contributed by atoms with Gasteiger partial charge in [0.2, 0.25) is 5.91 Å². The SMILES string of the molecule is O=C(NCCCCCC(=O)N1C[C@H](O)C[C@H]1C(=O)O)OCC1c2ccccc2-c2ccccc21. The molecule has 2 aromatic rings. The van der Waals surface area contributed by atoms with Crippen molar-refractivity contribution in [2.45, 2.75) is 50.2 Å². The van der Waals surface area contributed by atoms with Crippen molar-refractivity contribution in [3.63, 3.8) is 0 Å². The number of nitrogens with one attached hydrogen (secondary N) is 1. The van der Waals surface area contributed by atoms with Crippen LogP contribution >= 0.6 is 0 Å². The van der Waals surface area contributed by atoms with Crippen LogP contribution in [0.1, 0.15) is 49.1 Å². The number of aliphatic hydroxyl groups is 1. The maximum absolute atomic E-state index is 12.3. The molecule has 8 heteroatoms. The largest absolute Gasteiger partial charge is 0.480 e. The third-order valence-corrected chi connectivity index (χ3v) is 6.56. The molecule has 0 aromatic heterocycles. The summed E-state index contributed by atoms with van der Waals surface area (Å²) >= 11 is 0. The Labute approximate surface area is 198 Å². The molecule has 0 spiro atoms. The number of carboxylic acids is 1. The molecular formula is C26H30N2O6. The molecule has 1 aliphatic heterocycles. The average molecular weight is 467 g/mol. The molecule has 34 heavy (non-hydrogen) atoms. The molecule has 0 unspecified atom stereocenters. The fourth-order valence-electron chi connectivity index (χ4n) is 4.89. The molecule has 1 heterocycles. The molecule has 4 rings (SSSR count). The van der Waals surface area contributed by atoms with E-state index in [0.29, 0.717) is 25.8 Å². The van der Waals surface area contributed by atoms with Crippen LogP contribution < -0.4 is 5.32 Å². The van der Waals surface area contributed by atoms with Crippen LogP contribution in [-0.2, 0) is 14.3 Å². The number of β-amino-alcohol motifs (C(OH)–C–C–N with tert-alkyl or cyclic N) is 1. The first-order valence-corrected chi connectivity index (χ1v) is 11.7. The van der Waals surface area contributed by atoms with Gasteiger partial charge in [-0.2, -0.15) is 0 Å². The highest BCUT2D eigenvalue weighted by Crippen LogP contribution is 2.44. The zero-order valence-corrected chi connectivity index (χ0v) is 19.0. The van der Waals surface area contributed by atoms with Crippen molar-refractivity contribution in [2.75, 3.05) is 19.7 Å². The fraction of sp³-hybridized carbons (Fsp3) is 0.423. The minimum atomic E-state index is -1.09. The first-order chi connectivity index (χ1) is 16.5. The number of ether oxygens (including phenoxy) is 1. The van der Waals surface area contributed by atoms with Crippen LogP contribution in [0.4, 0.5) is 4.79 Å². The molecule has 2 amide bonds. The normalized spacial score (nSPS) is 18.9. The summed E-state index contributed by atoms with van der Waals surface area (Å²) in [7, 11) is 0. The fourth-order valence-corrected chi connectivity index (χ4v) is 4.89. The highest BCUT2D eigenvalue weighted by Gasteiger charge is 2.38. The molecule has 2 aliphatic rings. The lowest BCUT2D eigenvalue weighted by molar-refractivity contribution is -0.148. The summed E-state index contributed by atoms with van der Waals surface area (Å²) in [4.78, 5) is 37.0. The number of alkyl carbamates (subject to hydrolysis) is 1. The second-order valence-corrected chi connectivity index (χ2v) is 8.85. The Hall–Kier alpha value is -3.39. The maximum atomic E-state index is 12.3. The number of hydrogen-bond acceptors (Lipinski definition) is 5. The Kier molecular flexibility index (Phi) is 7.47. The Bertz CT molecular complexity index is 1010. The van der Waals surface area contributed by atoms with E-state index in [4.69, 9.17) is 4.74 Å². The van der Waals surface area contributed by atoms with Crippen molar-refractivity contribution >= 4 is 18.0 Å². The van der Waals surface area contributed by atoms with Gasteiger partial charge in [0, 0.05) is 31.8 Å². The Morgan fingerprint density at radius 1 is 0.971 bits per heavy atom. The van der Waals surface area contributed by atoms with Crippen LogP contribution in [0.25, 0.3) is 11.1 Å². The van der Waals surface area contributed by atoms with E-state index in [1.807, 2.05) is 24.3 Å². The number of carbonyl (C=O) groups is 3. The summed E-state index contributed by atoms with van der Waals surface area (Å²) in [6.07, 6.45) is 1.03. The van der Waals surface area contributed by atoms with Crippen LogP contribution in [0.15, 0.2) is 48.5 Å². The third-order valence-electron chi connectivity index (χ3n) is 6.56. The van der Waals surface area contributed by atoms with Gasteiger partial charge < -0.3 is 25.2 Å². The van der Waals surface area contributed by atoms with E-state index in [1.54, 1.807) is 0 Å². The van der Waals surface area contributed by atoms with Crippen LogP contribution in [0, 0.1) is 0 Å². The predicted molar refractivity (Wildman–Crippen MR) is 125 cm³/mol. The number of benzene rings is 2. The standard InChI is InChI=1S/C26H30N2O6/c29-17-14-23(25(31)32)28(15-17)24(30)12-2-1-7-13-27-26(33)34-16-22-20-10-5-3-8-18(20)19-9-4-6-11-21(19)22/h3-6,8-11,17,22-23,29H,1-2,7,12-16H2,(H,27,33)(H,31,32)/t17-,23+/m1/s1. The highest BCUT2D eigenvalue weighted by molar-refractivity contribution is 5.84. The van der Waals surface area contributed by atoms with E-state index in [9.17, 15) is 24.6 Å². The van der Waals surface area contributed by atoms with Gasteiger partial charge >= 0.3 is 12.1 Å². The number of aliphatic hydroxyl groups excluding tert-OH is 1. The van der Waals surface area contributed by atoms with Gasteiger partial charge in [-0.15, -0.1) is 0 Å². The zero-order chi connectivity index (χ0) is 24.1. The molecule has 0 radical (unpaired) electrons. The minimum absolute atomic E-state index is 0.0166. The molecule has 0 saturated carbocycles. The van der Waals surface area contributed by atoms with Crippen LogP contribution in [-0.4, -0.2) is 64.9 Å². The summed E-state index contributed by atoms with van der Waals surface area (Å²) < 4.78 is 5.51. The van der Waals surface area contributed by atoms with Gasteiger partial charge in [0.1, 0.15) is 12.6 Å². The second kappa shape index (κ2) is 10.7. The molecule has 2 aromatic carbocycles. The molecule has 1 aliphatic carbocycles. The van der Waals surface area contributed by atoms with Gasteiger partial charge in [0.25, 0.3) is 0 Å². The quantitative estimate of drug-likeness (QED) is 0.489. The molecule has 1 saturated heterocycles. The number of nitrogens with zero attached hydrogens (tertiary/aromatic N) is 1. The van der Waals surface area contributed by atoms with Crippen LogP contribution in [0.5, 0.6) is 0 Å². The Morgan fingerprint density at radius 3 is 2.26 bits per heavy atom. The highest BCUT2D eigenvalue weighted by atomic mass is 16.5. The molecule has 180 valence electrons. The monoisotopic (exact) mass is 466 g/mol. The zero-order valence-electron chi connectivity index (χ0n) is 19.0. The van der Waals surface area contributed by atoms with Crippen molar-refractivity contribution in [1.29, 1.82) is 0 Å². The van der Waals surface area contributed by atoms with Gasteiger partial charge in [-0.3, -0.25) is 4.79 Å². The lowest BCUT2D eigenvalue weighted by Crippen LogP contribution is -2.40.